The molecule has 2 N–H and O–H groups in total. The molecule has 1 amide bonds. The Morgan fingerprint density at radius 1 is 1.14 bits per heavy atom. The quantitative estimate of drug-likeness (QED) is 0.219. The second-order valence-electron chi connectivity index (χ2n) is 7.86. The van der Waals surface area contributed by atoms with E-state index in [0.29, 0.717) is 10.6 Å². The van der Waals surface area contributed by atoms with Gasteiger partial charge in [0.05, 0.1) is 11.3 Å². The third kappa shape index (κ3) is 7.64. The van der Waals surface area contributed by atoms with E-state index in [1.54, 1.807) is 38.4 Å². The molecule has 196 valence electrons. The van der Waals surface area contributed by atoms with Gasteiger partial charge < -0.3 is 15.5 Å². The summed E-state index contributed by atoms with van der Waals surface area (Å²) in [5, 5.41) is 4.86. The molecule has 1 atom stereocenters. The Bertz CT molecular complexity index is 1390. The predicted molar refractivity (Wildman–Crippen MR) is 135 cm³/mol. The van der Waals surface area contributed by atoms with Crippen LogP contribution < -0.4 is 10.6 Å². The molecule has 1 aromatic heterocycles. The molecule has 1 unspecified atom stereocenters. The topological polar surface area (TPSA) is 117 Å². The highest BCUT2D eigenvalue weighted by molar-refractivity contribution is 7.90. The normalized spacial score (nSPS) is 12.5. The van der Waals surface area contributed by atoms with Crippen molar-refractivity contribution in [1.82, 2.24) is 14.9 Å². The molecule has 0 saturated heterocycles. The van der Waals surface area contributed by atoms with Gasteiger partial charge in [-0.1, -0.05) is 35.9 Å². The third-order valence-electron chi connectivity index (χ3n) is 4.72. The number of aromatic nitrogens is 2. The van der Waals surface area contributed by atoms with Crippen LogP contribution in [0.2, 0.25) is 5.02 Å². The summed E-state index contributed by atoms with van der Waals surface area (Å²) in [5.41, 5.74) is 1.08. The molecule has 0 aliphatic heterocycles. The van der Waals surface area contributed by atoms with Gasteiger partial charge in [0.15, 0.2) is 0 Å². The minimum atomic E-state index is -4.27. The van der Waals surface area contributed by atoms with Gasteiger partial charge >= 0.3 is 0 Å². The highest BCUT2D eigenvalue weighted by Gasteiger charge is 2.22. The average Bonchev–Trinajstić information content (AvgIpc) is 2.84. The number of carbonyl (C=O) groups excluding carboxylic acids is 1. The molecular formula is C23H22ClF3N6O3S. The highest BCUT2D eigenvalue weighted by atomic mass is 35.5. The molecule has 0 saturated carbocycles. The Kier molecular flexibility index (Phi) is 9.05. The zero-order valence-corrected chi connectivity index (χ0v) is 21.1. The van der Waals surface area contributed by atoms with Crippen molar-refractivity contribution >= 4 is 45.5 Å². The number of sulfonamides is 1. The van der Waals surface area contributed by atoms with Crippen molar-refractivity contribution < 1.29 is 26.4 Å². The lowest BCUT2D eigenvalue weighted by Crippen LogP contribution is -2.23. The van der Waals surface area contributed by atoms with E-state index in [9.17, 15) is 26.4 Å². The van der Waals surface area contributed by atoms with E-state index in [-0.39, 0.29) is 28.1 Å². The summed E-state index contributed by atoms with van der Waals surface area (Å²) in [4.78, 5) is 21.3. The van der Waals surface area contributed by atoms with E-state index in [0.717, 1.165) is 18.7 Å². The summed E-state index contributed by atoms with van der Waals surface area (Å²) >= 11 is 6.11. The van der Waals surface area contributed by atoms with E-state index < -0.39 is 34.6 Å². The van der Waals surface area contributed by atoms with Crippen LogP contribution in [0.5, 0.6) is 0 Å². The van der Waals surface area contributed by atoms with Gasteiger partial charge in [0.2, 0.25) is 18.2 Å². The fourth-order valence-electron chi connectivity index (χ4n) is 3.01. The zero-order valence-electron chi connectivity index (χ0n) is 19.6. The number of hydrogen-bond donors (Lipinski definition) is 2. The van der Waals surface area contributed by atoms with Crippen LogP contribution in [0, 0.1) is 0 Å². The summed E-state index contributed by atoms with van der Waals surface area (Å²) in [5.74, 6) is -0.838. The lowest BCUT2D eigenvalue weighted by Gasteiger charge is -2.13. The van der Waals surface area contributed by atoms with E-state index in [4.69, 9.17) is 11.6 Å². The maximum absolute atomic E-state index is 13.2. The van der Waals surface area contributed by atoms with E-state index in [2.05, 4.69) is 19.7 Å². The largest absolute Gasteiger partial charge is 0.368 e. The second-order valence-corrected chi connectivity index (χ2v) is 9.87. The number of halogens is 4. The van der Waals surface area contributed by atoms with Gasteiger partial charge in [0.25, 0.3) is 16.4 Å². The molecule has 3 rings (SSSR count). The number of anilines is 2. The van der Waals surface area contributed by atoms with Crippen LogP contribution in [0.1, 0.15) is 5.56 Å². The molecule has 37 heavy (non-hydrogen) atoms. The Morgan fingerprint density at radius 3 is 2.43 bits per heavy atom. The molecule has 0 spiro atoms. The van der Waals surface area contributed by atoms with Crippen LogP contribution in [0.15, 0.2) is 64.2 Å². The number of nitrogens with zero attached hydrogens (tertiary/aromatic N) is 4. The van der Waals surface area contributed by atoms with Crippen LogP contribution in [0.25, 0.3) is 11.1 Å². The maximum atomic E-state index is 13.2. The van der Waals surface area contributed by atoms with Gasteiger partial charge in [-0.05, 0) is 23.8 Å². The summed E-state index contributed by atoms with van der Waals surface area (Å²) in [6.07, 6.45) is -2.61. The van der Waals surface area contributed by atoms with Crippen molar-refractivity contribution in [3.05, 3.63) is 65.4 Å². The molecule has 1 heterocycles. The molecule has 2 aromatic carbocycles. The minimum Gasteiger partial charge on any atom is -0.368 e. The predicted octanol–water partition coefficient (Wildman–Crippen LogP) is 4.23. The van der Waals surface area contributed by atoms with Crippen LogP contribution in [0.4, 0.5) is 24.8 Å². The average molecular weight is 555 g/mol. The fraction of sp³-hybridized carbons (Fsp3) is 0.217. The molecule has 0 radical (unpaired) electrons. The number of benzene rings is 2. The van der Waals surface area contributed by atoms with Crippen LogP contribution in [-0.2, 0) is 21.2 Å². The van der Waals surface area contributed by atoms with Gasteiger partial charge in [0, 0.05) is 48.3 Å². The van der Waals surface area contributed by atoms with E-state index in [1.807, 2.05) is 5.32 Å². The summed E-state index contributed by atoms with van der Waals surface area (Å²) in [7, 11) is -1.10. The van der Waals surface area contributed by atoms with Crippen LogP contribution in [-0.4, -0.2) is 62.3 Å². The second kappa shape index (κ2) is 12.0. The van der Waals surface area contributed by atoms with Crippen molar-refractivity contribution in [2.24, 2.45) is 4.40 Å². The Hall–Kier alpha value is -3.71. The molecular weight excluding hydrogens is 533 g/mol. The first-order chi connectivity index (χ1) is 17.5. The molecule has 0 fully saturated rings. The lowest BCUT2D eigenvalue weighted by molar-refractivity contribution is -0.115. The van der Waals surface area contributed by atoms with Crippen molar-refractivity contribution in [3.63, 3.8) is 0 Å². The van der Waals surface area contributed by atoms with Gasteiger partial charge in [-0.25, -0.2) is 23.1 Å². The molecule has 0 aliphatic carbocycles. The summed E-state index contributed by atoms with van der Waals surface area (Å²) < 4.78 is 67.8. The van der Waals surface area contributed by atoms with Crippen LogP contribution >= 0.6 is 11.6 Å². The van der Waals surface area contributed by atoms with E-state index >= 15 is 0 Å². The maximum Gasteiger partial charge on any atom is 0.287 e. The monoisotopic (exact) mass is 554 g/mol. The number of hydrogen-bond acceptors (Lipinski definition) is 6. The number of carbonyl (C=O) groups is 1. The van der Waals surface area contributed by atoms with Gasteiger partial charge in [-0.15, -0.1) is 4.40 Å². The standard InChI is InChI=1S/C23H22ClF3N6O3S/c1-33(2)13-30-37(35,36)19-10-16(31-20(34)9-14-5-3-4-6-18(14)24)7-8-17(19)15-11-28-23(29-12-15)32-22(27)21(25)26/h3-8,10-13,21-22H,9H2,1-2H3,(H,31,34)(H,28,29,32). The first-order valence-electron chi connectivity index (χ1n) is 10.6. The highest BCUT2D eigenvalue weighted by Crippen LogP contribution is 2.31. The third-order valence-corrected chi connectivity index (χ3v) is 6.35. The Morgan fingerprint density at radius 2 is 1.81 bits per heavy atom. The van der Waals surface area contributed by atoms with Crippen molar-refractivity contribution in [2.75, 3.05) is 24.7 Å². The number of rotatable bonds is 10. The van der Waals surface area contributed by atoms with Gasteiger partial charge in [0.1, 0.15) is 6.34 Å². The minimum absolute atomic E-state index is 0.0429. The summed E-state index contributed by atoms with van der Waals surface area (Å²) in [6, 6.07) is 10.9. The first-order valence-corrected chi connectivity index (χ1v) is 12.4. The number of amides is 1. The van der Waals surface area contributed by atoms with Crippen molar-refractivity contribution in [2.45, 2.75) is 24.0 Å². The van der Waals surface area contributed by atoms with E-state index in [1.165, 1.54) is 23.1 Å². The molecule has 0 aliphatic rings. The van der Waals surface area contributed by atoms with Crippen LogP contribution in [0.3, 0.4) is 0 Å². The van der Waals surface area contributed by atoms with Gasteiger partial charge in [-0.3, -0.25) is 4.79 Å². The smallest absolute Gasteiger partial charge is 0.287 e. The number of alkyl halides is 3. The number of nitrogens with one attached hydrogen (secondary N) is 2. The first kappa shape index (κ1) is 27.9. The van der Waals surface area contributed by atoms with Crippen molar-refractivity contribution in [3.8, 4) is 11.1 Å². The molecule has 0 bridgehead atoms. The SMILES string of the molecule is CN(C)C=NS(=O)(=O)c1cc(NC(=O)Cc2ccccc2Cl)ccc1-c1cnc(NC(F)C(F)F)nc1. The zero-order chi connectivity index (χ0) is 27.2. The fourth-order valence-corrected chi connectivity index (χ4v) is 4.38. The lowest BCUT2D eigenvalue weighted by atomic mass is 10.1. The summed E-state index contributed by atoms with van der Waals surface area (Å²) in [6.45, 7) is 0. The Labute approximate surface area is 216 Å². The Balaban J connectivity index is 1.95. The van der Waals surface area contributed by atoms with Crippen molar-refractivity contribution in [1.29, 1.82) is 0 Å². The molecule has 9 nitrogen and oxygen atoms in total. The van der Waals surface area contributed by atoms with Gasteiger partial charge in [-0.2, -0.15) is 8.42 Å². The molecule has 14 heteroatoms. The molecule has 3 aromatic rings.